The van der Waals surface area contributed by atoms with Crippen molar-refractivity contribution in [2.24, 2.45) is 0 Å². The number of benzene rings is 2. The van der Waals surface area contributed by atoms with Gasteiger partial charge >= 0.3 is 0 Å². The molecule has 5 nitrogen and oxygen atoms in total. The lowest BCUT2D eigenvalue weighted by Gasteiger charge is -2.13. The van der Waals surface area contributed by atoms with Gasteiger partial charge in [-0.3, -0.25) is 0 Å². The fourth-order valence-corrected chi connectivity index (χ4v) is 3.79. The minimum Gasteiger partial charge on any atom is -0.494 e. The van der Waals surface area contributed by atoms with Crippen molar-refractivity contribution in [1.82, 2.24) is 4.72 Å². The van der Waals surface area contributed by atoms with E-state index in [0.717, 1.165) is 34.3 Å². The Balaban J connectivity index is 1.73. The molecule has 0 fully saturated rings. The smallest absolute Gasteiger partial charge is 0.234 e. The molecule has 144 valence electrons. The van der Waals surface area contributed by atoms with Crippen molar-refractivity contribution in [3.63, 3.8) is 0 Å². The molecule has 0 spiro atoms. The van der Waals surface area contributed by atoms with Crippen LogP contribution >= 0.6 is 11.6 Å². The maximum absolute atomic E-state index is 12.3. The largest absolute Gasteiger partial charge is 0.494 e. The van der Waals surface area contributed by atoms with E-state index in [1.807, 2.05) is 26.0 Å². The molecule has 0 radical (unpaired) electrons. The van der Waals surface area contributed by atoms with Crippen LogP contribution < -0.4 is 14.2 Å². The molecular weight excluding hydrogens is 386 g/mol. The number of ether oxygens (including phenoxy) is 2. The third kappa shape index (κ3) is 5.25. The summed E-state index contributed by atoms with van der Waals surface area (Å²) in [5.41, 5.74) is 2.58. The summed E-state index contributed by atoms with van der Waals surface area (Å²) in [6.45, 7) is 4.53. The summed E-state index contributed by atoms with van der Waals surface area (Å²) in [7, 11) is -3.60. The molecule has 27 heavy (non-hydrogen) atoms. The maximum atomic E-state index is 12.3. The Morgan fingerprint density at radius 1 is 1.30 bits per heavy atom. The zero-order chi connectivity index (χ0) is 19.4. The van der Waals surface area contributed by atoms with Crippen LogP contribution in [0, 0.1) is 0 Å². The van der Waals surface area contributed by atoms with E-state index in [4.69, 9.17) is 21.1 Å². The highest BCUT2D eigenvalue weighted by Crippen LogP contribution is 2.35. The Morgan fingerprint density at radius 2 is 2.04 bits per heavy atom. The second kappa shape index (κ2) is 8.33. The molecule has 1 aliphatic heterocycles. The lowest BCUT2D eigenvalue weighted by molar-refractivity contribution is 0.254. The molecule has 1 heterocycles. The van der Waals surface area contributed by atoms with E-state index >= 15 is 0 Å². The van der Waals surface area contributed by atoms with Crippen LogP contribution in [0.1, 0.15) is 30.5 Å². The van der Waals surface area contributed by atoms with Gasteiger partial charge in [0.15, 0.2) is 0 Å². The second-order valence-corrected chi connectivity index (χ2v) is 8.44. The minimum atomic E-state index is -3.60. The molecule has 0 saturated carbocycles. The molecule has 1 atom stereocenters. The van der Waals surface area contributed by atoms with Gasteiger partial charge in [-0.2, -0.15) is 0 Å². The molecule has 7 heteroatoms. The van der Waals surface area contributed by atoms with Crippen LogP contribution in [-0.4, -0.2) is 21.1 Å². The Labute approximate surface area is 165 Å². The van der Waals surface area contributed by atoms with Crippen LogP contribution in [0.4, 0.5) is 0 Å². The SMILES string of the molecule is CCOc1cc2c(cc1CNS(=O)(=O)/C=C/c1ccc(Cl)cc1)O[C@@H](C)C2. The number of halogens is 1. The van der Waals surface area contributed by atoms with Crippen molar-refractivity contribution in [2.75, 3.05) is 6.61 Å². The molecule has 1 aliphatic rings. The first kappa shape index (κ1) is 19.7. The van der Waals surface area contributed by atoms with E-state index in [9.17, 15) is 8.42 Å². The average Bonchev–Trinajstić information content (AvgIpc) is 2.98. The molecule has 2 aromatic carbocycles. The van der Waals surface area contributed by atoms with Gasteiger partial charge in [0, 0.05) is 34.5 Å². The maximum Gasteiger partial charge on any atom is 0.234 e. The van der Waals surface area contributed by atoms with E-state index in [1.54, 1.807) is 24.3 Å². The quantitative estimate of drug-likeness (QED) is 0.748. The molecule has 0 aliphatic carbocycles. The van der Waals surface area contributed by atoms with E-state index in [-0.39, 0.29) is 12.6 Å². The van der Waals surface area contributed by atoms with Crippen LogP contribution in [0.15, 0.2) is 41.8 Å². The van der Waals surface area contributed by atoms with Gasteiger partial charge in [-0.25, -0.2) is 13.1 Å². The molecule has 0 amide bonds. The van der Waals surface area contributed by atoms with Crippen molar-refractivity contribution in [1.29, 1.82) is 0 Å². The summed E-state index contributed by atoms with van der Waals surface area (Å²) in [4.78, 5) is 0. The van der Waals surface area contributed by atoms with Crippen molar-refractivity contribution >= 4 is 27.7 Å². The van der Waals surface area contributed by atoms with Gasteiger partial charge in [0.2, 0.25) is 10.0 Å². The van der Waals surface area contributed by atoms with Gasteiger partial charge in [0.25, 0.3) is 0 Å². The molecule has 0 aromatic heterocycles. The van der Waals surface area contributed by atoms with Gasteiger partial charge in [0.05, 0.1) is 6.61 Å². The Hall–Kier alpha value is -2.02. The lowest BCUT2D eigenvalue weighted by atomic mass is 10.1. The van der Waals surface area contributed by atoms with Crippen LogP contribution in [0.5, 0.6) is 11.5 Å². The van der Waals surface area contributed by atoms with Gasteiger partial charge in [-0.1, -0.05) is 23.7 Å². The summed E-state index contributed by atoms with van der Waals surface area (Å²) in [6, 6.07) is 10.7. The Morgan fingerprint density at radius 3 is 2.74 bits per heavy atom. The highest BCUT2D eigenvalue weighted by molar-refractivity contribution is 7.92. The number of fused-ring (bicyclic) bond motifs is 1. The van der Waals surface area contributed by atoms with Gasteiger partial charge in [-0.05, 0) is 49.8 Å². The molecule has 0 unspecified atom stereocenters. The number of hydrogen-bond donors (Lipinski definition) is 1. The lowest BCUT2D eigenvalue weighted by Crippen LogP contribution is -2.21. The van der Waals surface area contributed by atoms with Crippen LogP contribution in [0.2, 0.25) is 5.02 Å². The molecule has 3 rings (SSSR count). The zero-order valence-electron chi connectivity index (χ0n) is 15.2. The molecule has 2 aromatic rings. The first-order valence-electron chi connectivity index (χ1n) is 8.75. The third-order valence-electron chi connectivity index (χ3n) is 4.15. The van der Waals surface area contributed by atoms with Crippen LogP contribution in [-0.2, 0) is 23.0 Å². The third-order valence-corrected chi connectivity index (χ3v) is 5.45. The summed E-state index contributed by atoms with van der Waals surface area (Å²) in [5.74, 6) is 1.47. The predicted octanol–water partition coefficient (Wildman–Crippen LogP) is 4.15. The Kier molecular flexibility index (Phi) is 6.09. The van der Waals surface area contributed by atoms with Crippen molar-refractivity contribution in [3.8, 4) is 11.5 Å². The van der Waals surface area contributed by atoms with Gasteiger partial charge in [0.1, 0.15) is 17.6 Å². The topological polar surface area (TPSA) is 64.6 Å². The normalized spacial score (nSPS) is 16.3. The summed E-state index contributed by atoms with van der Waals surface area (Å²) in [6.07, 6.45) is 2.46. The number of sulfonamides is 1. The first-order valence-corrected chi connectivity index (χ1v) is 10.7. The number of rotatable bonds is 7. The number of hydrogen-bond acceptors (Lipinski definition) is 4. The first-order chi connectivity index (χ1) is 12.9. The highest BCUT2D eigenvalue weighted by Gasteiger charge is 2.22. The number of nitrogens with one attached hydrogen (secondary N) is 1. The van der Waals surface area contributed by atoms with E-state index in [1.165, 1.54) is 6.08 Å². The van der Waals surface area contributed by atoms with Gasteiger partial charge in [-0.15, -0.1) is 0 Å². The molecular formula is C20H22ClNO4S. The van der Waals surface area contributed by atoms with Gasteiger partial charge < -0.3 is 9.47 Å². The predicted molar refractivity (Wildman–Crippen MR) is 108 cm³/mol. The monoisotopic (exact) mass is 407 g/mol. The minimum absolute atomic E-state index is 0.115. The van der Waals surface area contributed by atoms with Crippen molar-refractivity contribution in [2.45, 2.75) is 32.9 Å². The van der Waals surface area contributed by atoms with Crippen LogP contribution in [0.25, 0.3) is 6.08 Å². The van der Waals surface area contributed by atoms with Crippen molar-refractivity contribution in [3.05, 3.63) is 63.5 Å². The second-order valence-electron chi connectivity index (χ2n) is 6.35. The average molecular weight is 408 g/mol. The molecule has 1 N–H and O–H groups in total. The van der Waals surface area contributed by atoms with Crippen molar-refractivity contribution < 1.29 is 17.9 Å². The standard InChI is InChI=1S/C20H22ClNO4S/c1-3-25-19-11-16-10-14(2)26-20(16)12-17(19)13-22-27(23,24)9-8-15-4-6-18(21)7-5-15/h4-9,11-12,14,22H,3,10,13H2,1-2H3/b9-8+/t14-/m0/s1. The molecule has 0 bridgehead atoms. The van der Waals surface area contributed by atoms with E-state index in [0.29, 0.717) is 17.4 Å². The summed E-state index contributed by atoms with van der Waals surface area (Å²) >= 11 is 5.83. The van der Waals surface area contributed by atoms with E-state index in [2.05, 4.69) is 4.72 Å². The Bertz CT molecular complexity index is 939. The molecule has 0 saturated heterocycles. The highest BCUT2D eigenvalue weighted by atomic mass is 35.5. The zero-order valence-corrected chi connectivity index (χ0v) is 16.8. The summed E-state index contributed by atoms with van der Waals surface area (Å²) in [5, 5.41) is 1.74. The fraction of sp³-hybridized carbons (Fsp3) is 0.300. The van der Waals surface area contributed by atoms with E-state index < -0.39 is 10.0 Å². The van der Waals surface area contributed by atoms with Crippen LogP contribution in [0.3, 0.4) is 0 Å². The summed E-state index contributed by atoms with van der Waals surface area (Å²) < 4.78 is 38.6. The fourth-order valence-electron chi connectivity index (χ4n) is 2.88.